The highest BCUT2D eigenvalue weighted by atomic mass is 19.1. The number of halogens is 1. The lowest BCUT2D eigenvalue weighted by Gasteiger charge is -2.19. The lowest BCUT2D eigenvalue weighted by molar-refractivity contribution is 0.310. The Labute approximate surface area is 109 Å². The van der Waals surface area contributed by atoms with Crippen LogP contribution in [0.1, 0.15) is 51.0 Å². The normalized spacial score (nSPS) is 12.4. The Kier molecular flexibility index (Phi) is 6.73. The molecular weight excluding hydrogens is 229 g/mol. The van der Waals surface area contributed by atoms with Crippen molar-refractivity contribution in [3.05, 3.63) is 29.6 Å². The third-order valence-electron chi connectivity index (χ3n) is 3.12. The van der Waals surface area contributed by atoms with Gasteiger partial charge in [-0.25, -0.2) is 4.39 Å². The lowest BCUT2D eigenvalue weighted by Crippen LogP contribution is -2.07. The summed E-state index contributed by atoms with van der Waals surface area (Å²) in [6.07, 6.45) is 3.88. The summed E-state index contributed by atoms with van der Waals surface area (Å²) in [5.74, 6) is 0.957. The van der Waals surface area contributed by atoms with Gasteiger partial charge in [0.2, 0.25) is 0 Å². The van der Waals surface area contributed by atoms with Crippen molar-refractivity contribution >= 4 is 0 Å². The maximum Gasteiger partial charge on any atom is 0.123 e. The third-order valence-corrected chi connectivity index (χ3v) is 3.12. The molecule has 3 heteroatoms. The Bertz CT molecular complexity index is 354. The van der Waals surface area contributed by atoms with Crippen LogP contribution in [0.2, 0.25) is 0 Å². The zero-order valence-electron chi connectivity index (χ0n) is 11.4. The Morgan fingerprint density at radius 1 is 1.33 bits per heavy atom. The average Bonchev–Trinajstić information content (AvgIpc) is 2.38. The van der Waals surface area contributed by atoms with E-state index in [0.29, 0.717) is 19.1 Å². The van der Waals surface area contributed by atoms with Crippen molar-refractivity contribution in [2.75, 3.05) is 13.2 Å². The summed E-state index contributed by atoms with van der Waals surface area (Å²) >= 11 is 0. The molecule has 0 fully saturated rings. The Morgan fingerprint density at radius 2 is 2.11 bits per heavy atom. The molecule has 0 aromatic heterocycles. The monoisotopic (exact) mass is 253 g/mol. The molecule has 0 aliphatic rings. The van der Waals surface area contributed by atoms with Gasteiger partial charge in [-0.3, -0.25) is 0 Å². The van der Waals surface area contributed by atoms with Crippen LogP contribution in [0.25, 0.3) is 0 Å². The molecule has 0 saturated carbocycles. The molecule has 0 spiro atoms. The first-order valence-electron chi connectivity index (χ1n) is 6.85. The molecule has 18 heavy (non-hydrogen) atoms. The largest absolute Gasteiger partial charge is 0.493 e. The second-order valence-corrected chi connectivity index (χ2v) is 4.57. The first-order chi connectivity index (χ1) is 8.72. The summed E-state index contributed by atoms with van der Waals surface area (Å²) in [5.41, 5.74) is 6.54. The van der Waals surface area contributed by atoms with Gasteiger partial charge in [0.05, 0.1) is 6.61 Å². The smallest absolute Gasteiger partial charge is 0.123 e. The van der Waals surface area contributed by atoms with Gasteiger partial charge in [0.25, 0.3) is 0 Å². The maximum absolute atomic E-state index is 13.4. The van der Waals surface area contributed by atoms with Gasteiger partial charge in [-0.1, -0.05) is 13.8 Å². The highest BCUT2D eigenvalue weighted by Crippen LogP contribution is 2.33. The van der Waals surface area contributed by atoms with Crippen LogP contribution in [0.5, 0.6) is 5.75 Å². The van der Waals surface area contributed by atoms with Crippen LogP contribution in [-0.2, 0) is 0 Å². The minimum Gasteiger partial charge on any atom is -0.493 e. The van der Waals surface area contributed by atoms with E-state index in [4.69, 9.17) is 10.5 Å². The van der Waals surface area contributed by atoms with Crippen LogP contribution in [0.3, 0.4) is 0 Å². The number of ether oxygens (including phenoxy) is 1. The van der Waals surface area contributed by atoms with Crippen LogP contribution in [0.4, 0.5) is 4.39 Å². The second kappa shape index (κ2) is 8.09. The minimum atomic E-state index is -0.194. The van der Waals surface area contributed by atoms with E-state index in [-0.39, 0.29) is 5.82 Å². The minimum absolute atomic E-state index is 0.194. The van der Waals surface area contributed by atoms with Gasteiger partial charge < -0.3 is 10.5 Å². The molecule has 1 atom stereocenters. The van der Waals surface area contributed by atoms with E-state index in [0.717, 1.165) is 37.0 Å². The first kappa shape index (κ1) is 15.0. The summed E-state index contributed by atoms with van der Waals surface area (Å²) in [5, 5.41) is 0. The molecule has 102 valence electrons. The molecule has 0 bridgehead atoms. The van der Waals surface area contributed by atoms with E-state index >= 15 is 0 Å². The summed E-state index contributed by atoms with van der Waals surface area (Å²) in [6, 6.07) is 4.81. The van der Waals surface area contributed by atoms with Gasteiger partial charge in [0.1, 0.15) is 11.6 Å². The van der Waals surface area contributed by atoms with Crippen LogP contribution in [0, 0.1) is 5.82 Å². The van der Waals surface area contributed by atoms with Gasteiger partial charge in [0.15, 0.2) is 0 Å². The van der Waals surface area contributed by atoms with Crippen molar-refractivity contribution in [2.24, 2.45) is 5.73 Å². The predicted molar refractivity (Wildman–Crippen MR) is 73.5 cm³/mol. The maximum atomic E-state index is 13.4. The molecule has 1 aromatic carbocycles. The SMILES string of the molecule is CCCOc1ccc(F)cc1C(CC)CCCN. The number of benzene rings is 1. The first-order valence-corrected chi connectivity index (χ1v) is 6.85. The molecule has 0 aliphatic heterocycles. The number of hydrogen-bond acceptors (Lipinski definition) is 2. The van der Waals surface area contributed by atoms with Gasteiger partial charge >= 0.3 is 0 Å². The van der Waals surface area contributed by atoms with Crippen molar-refractivity contribution in [1.82, 2.24) is 0 Å². The summed E-state index contributed by atoms with van der Waals surface area (Å²) in [6.45, 7) is 5.54. The molecule has 0 radical (unpaired) electrons. The molecule has 1 aromatic rings. The molecule has 1 unspecified atom stereocenters. The van der Waals surface area contributed by atoms with Crippen molar-refractivity contribution in [3.8, 4) is 5.75 Å². The number of hydrogen-bond donors (Lipinski definition) is 1. The third kappa shape index (κ3) is 4.30. The molecule has 0 saturated heterocycles. The Morgan fingerprint density at radius 3 is 2.72 bits per heavy atom. The van der Waals surface area contributed by atoms with Crippen molar-refractivity contribution < 1.29 is 9.13 Å². The van der Waals surface area contributed by atoms with E-state index in [2.05, 4.69) is 13.8 Å². The summed E-state index contributed by atoms with van der Waals surface area (Å²) in [7, 11) is 0. The zero-order chi connectivity index (χ0) is 13.4. The predicted octanol–water partition coefficient (Wildman–Crippen LogP) is 3.85. The van der Waals surface area contributed by atoms with E-state index in [1.54, 1.807) is 12.1 Å². The molecule has 1 rings (SSSR count). The van der Waals surface area contributed by atoms with Gasteiger partial charge in [-0.15, -0.1) is 0 Å². The Hall–Kier alpha value is -1.09. The fourth-order valence-electron chi connectivity index (χ4n) is 2.13. The zero-order valence-corrected chi connectivity index (χ0v) is 11.4. The van der Waals surface area contributed by atoms with Crippen LogP contribution >= 0.6 is 0 Å². The fraction of sp³-hybridized carbons (Fsp3) is 0.600. The van der Waals surface area contributed by atoms with Crippen molar-refractivity contribution in [2.45, 2.75) is 45.4 Å². The van der Waals surface area contributed by atoms with Crippen LogP contribution < -0.4 is 10.5 Å². The van der Waals surface area contributed by atoms with E-state index in [1.807, 2.05) is 0 Å². The molecule has 0 amide bonds. The van der Waals surface area contributed by atoms with Gasteiger partial charge in [-0.05, 0) is 56.3 Å². The summed E-state index contributed by atoms with van der Waals surface area (Å²) < 4.78 is 19.1. The second-order valence-electron chi connectivity index (χ2n) is 4.57. The molecular formula is C15H24FNO. The molecule has 0 heterocycles. The standard InChI is InChI=1S/C15H24FNO/c1-3-10-18-15-8-7-13(16)11-14(15)12(4-2)6-5-9-17/h7-8,11-12H,3-6,9-10,17H2,1-2H3. The highest BCUT2D eigenvalue weighted by Gasteiger charge is 2.15. The quantitative estimate of drug-likeness (QED) is 0.763. The average molecular weight is 253 g/mol. The highest BCUT2D eigenvalue weighted by molar-refractivity contribution is 5.36. The molecule has 2 N–H and O–H groups in total. The lowest BCUT2D eigenvalue weighted by atomic mass is 9.91. The van der Waals surface area contributed by atoms with Gasteiger partial charge in [0, 0.05) is 5.56 Å². The van der Waals surface area contributed by atoms with Crippen LogP contribution in [0.15, 0.2) is 18.2 Å². The van der Waals surface area contributed by atoms with Crippen molar-refractivity contribution in [3.63, 3.8) is 0 Å². The summed E-state index contributed by atoms with van der Waals surface area (Å²) in [4.78, 5) is 0. The number of rotatable bonds is 8. The molecule has 0 aliphatic carbocycles. The fourth-order valence-corrected chi connectivity index (χ4v) is 2.13. The van der Waals surface area contributed by atoms with Crippen molar-refractivity contribution in [1.29, 1.82) is 0 Å². The van der Waals surface area contributed by atoms with Crippen LogP contribution in [-0.4, -0.2) is 13.2 Å². The van der Waals surface area contributed by atoms with E-state index < -0.39 is 0 Å². The van der Waals surface area contributed by atoms with E-state index in [9.17, 15) is 4.39 Å². The topological polar surface area (TPSA) is 35.2 Å². The van der Waals surface area contributed by atoms with Gasteiger partial charge in [-0.2, -0.15) is 0 Å². The number of nitrogens with two attached hydrogens (primary N) is 1. The van der Waals surface area contributed by atoms with E-state index in [1.165, 1.54) is 6.07 Å². The molecule has 2 nitrogen and oxygen atoms in total. The Balaban J connectivity index is 2.90.